The van der Waals surface area contributed by atoms with Crippen molar-refractivity contribution < 1.29 is 4.79 Å². The molecule has 1 aliphatic heterocycles. The molecule has 1 spiro atoms. The van der Waals surface area contributed by atoms with Gasteiger partial charge in [-0.2, -0.15) is 0 Å². The van der Waals surface area contributed by atoms with Gasteiger partial charge < -0.3 is 5.32 Å². The highest BCUT2D eigenvalue weighted by atomic mass is 16.1. The van der Waals surface area contributed by atoms with E-state index in [4.69, 9.17) is 0 Å². The number of hydrogen-bond donors (Lipinski definition) is 1. The zero-order valence-corrected chi connectivity index (χ0v) is 9.46. The topological polar surface area (TPSA) is 29.1 Å². The summed E-state index contributed by atoms with van der Waals surface area (Å²) in [5, 5.41) is 3.35. The first-order valence-electron chi connectivity index (χ1n) is 6.15. The van der Waals surface area contributed by atoms with E-state index in [9.17, 15) is 4.79 Å². The lowest BCUT2D eigenvalue weighted by Crippen LogP contribution is -2.44. The summed E-state index contributed by atoms with van der Waals surface area (Å²) in [6.07, 6.45) is 4.15. The smallest absolute Gasteiger partial charge is 0.169 e. The summed E-state index contributed by atoms with van der Waals surface area (Å²) >= 11 is 0. The van der Waals surface area contributed by atoms with Crippen molar-refractivity contribution in [2.24, 2.45) is 5.41 Å². The van der Waals surface area contributed by atoms with Crippen LogP contribution in [0.4, 0.5) is 0 Å². The molecule has 1 aromatic carbocycles. The molecule has 0 unspecified atom stereocenters. The van der Waals surface area contributed by atoms with E-state index in [0.29, 0.717) is 5.78 Å². The molecule has 1 aromatic rings. The average molecular weight is 215 g/mol. The normalized spacial score (nSPS) is 23.1. The van der Waals surface area contributed by atoms with Gasteiger partial charge in [-0.3, -0.25) is 4.79 Å². The molecule has 2 nitrogen and oxygen atoms in total. The lowest BCUT2D eigenvalue weighted by atomic mass is 9.65. The van der Waals surface area contributed by atoms with Crippen LogP contribution >= 0.6 is 0 Å². The molecule has 1 aliphatic carbocycles. The quantitative estimate of drug-likeness (QED) is 0.718. The van der Waals surface area contributed by atoms with E-state index < -0.39 is 0 Å². The maximum absolute atomic E-state index is 12.6. The number of ketones is 1. The summed E-state index contributed by atoms with van der Waals surface area (Å²) in [4.78, 5) is 12.6. The van der Waals surface area contributed by atoms with Crippen LogP contribution < -0.4 is 5.32 Å². The average Bonchev–Trinajstić information content (AvgIpc) is 2.36. The third kappa shape index (κ3) is 1.40. The number of fused-ring (bicyclic) bond motifs is 1. The highest BCUT2D eigenvalue weighted by Crippen LogP contribution is 2.41. The van der Waals surface area contributed by atoms with Crippen molar-refractivity contribution >= 4 is 5.78 Å². The van der Waals surface area contributed by atoms with Gasteiger partial charge in [0.2, 0.25) is 0 Å². The van der Waals surface area contributed by atoms with Crippen LogP contribution in [0.1, 0.15) is 35.2 Å². The molecule has 0 aromatic heterocycles. The Bertz CT molecular complexity index is 418. The van der Waals surface area contributed by atoms with Crippen molar-refractivity contribution in [2.75, 3.05) is 13.1 Å². The van der Waals surface area contributed by atoms with Crippen LogP contribution in [0.25, 0.3) is 0 Å². The van der Waals surface area contributed by atoms with Gasteiger partial charge in [0, 0.05) is 11.0 Å². The van der Waals surface area contributed by atoms with Gasteiger partial charge in [-0.05, 0) is 44.3 Å². The Hall–Kier alpha value is -1.15. The van der Waals surface area contributed by atoms with Crippen molar-refractivity contribution in [1.82, 2.24) is 5.32 Å². The monoisotopic (exact) mass is 215 g/mol. The number of piperidine rings is 1. The lowest BCUT2D eigenvalue weighted by Gasteiger charge is -2.39. The number of nitrogens with one attached hydrogen (secondary N) is 1. The van der Waals surface area contributed by atoms with Crippen molar-refractivity contribution in [3.8, 4) is 0 Å². The Balaban J connectivity index is 2.00. The number of Topliss-reactive ketones (excluding diaryl/α,β-unsaturated/α-hetero) is 1. The molecule has 0 bridgehead atoms. The van der Waals surface area contributed by atoms with Crippen LogP contribution in [0.3, 0.4) is 0 Å². The van der Waals surface area contributed by atoms with Crippen molar-refractivity contribution in [3.05, 3.63) is 35.4 Å². The molecular weight excluding hydrogens is 198 g/mol. The Labute approximate surface area is 96.1 Å². The molecule has 0 saturated carbocycles. The Morgan fingerprint density at radius 1 is 1.06 bits per heavy atom. The van der Waals surface area contributed by atoms with Gasteiger partial charge in [0.05, 0.1) is 0 Å². The molecule has 1 heterocycles. The minimum Gasteiger partial charge on any atom is -0.317 e. The SMILES string of the molecule is O=C1c2ccccc2CCC12CCNCC2. The van der Waals surface area contributed by atoms with Crippen molar-refractivity contribution in [2.45, 2.75) is 25.7 Å². The second-order valence-corrected chi connectivity index (χ2v) is 5.02. The molecule has 1 saturated heterocycles. The van der Waals surface area contributed by atoms with Gasteiger partial charge in [-0.15, -0.1) is 0 Å². The fraction of sp³-hybridized carbons (Fsp3) is 0.500. The third-order valence-corrected chi connectivity index (χ3v) is 4.18. The van der Waals surface area contributed by atoms with Gasteiger partial charge in [-0.1, -0.05) is 24.3 Å². The van der Waals surface area contributed by atoms with E-state index in [0.717, 1.165) is 44.3 Å². The maximum atomic E-state index is 12.6. The van der Waals surface area contributed by atoms with Gasteiger partial charge >= 0.3 is 0 Å². The van der Waals surface area contributed by atoms with E-state index in [-0.39, 0.29) is 5.41 Å². The summed E-state index contributed by atoms with van der Waals surface area (Å²) in [5.41, 5.74) is 2.19. The molecule has 3 rings (SSSR count). The van der Waals surface area contributed by atoms with Crippen molar-refractivity contribution in [1.29, 1.82) is 0 Å². The number of carbonyl (C=O) groups excluding carboxylic acids is 1. The summed E-state index contributed by atoms with van der Waals surface area (Å²) in [6.45, 7) is 1.99. The molecule has 1 fully saturated rings. The molecule has 0 atom stereocenters. The van der Waals surface area contributed by atoms with Gasteiger partial charge in [0.1, 0.15) is 0 Å². The van der Waals surface area contributed by atoms with E-state index >= 15 is 0 Å². The summed E-state index contributed by atoms with van der Waals surface area (Å²) < 4.78 is 0. The highest BCUT2D eigenvalue weighted by Gasteiger charge is 2.42. The van der Waals surface area contributed by atoms with E-state index in [1.54, 1.807) is 0 Å². The fourth-order valence-electron chi connectivity index (χ4n) is 3.12. The second kappa shape index (κ2) is 3.70. The third-order valence-electron chi connectivity index (χ3n) is 4.18. The molecule has 16 heavy (non-hydrogen) atoms. The van der Waals surface area contributed by atoms with Crippen LogP contribution in [0.5, 0.6) is 0 Å². The molecular formula is C14H17NO. The highest BCUT2D eigenvalue weighted by molar-refractivity contribution is 6.02. The minimum absolute atomic E-state index is 0.0421. The Morgan fingerprint density at radius 2 is 1.81 bits per heavy atom. The zero-order valence-electron chi connectivity index (χ0n) is 9.46. The zero-order chi connectivity index (χ0) is 11.0. The summed E-state index contributed by atoms with van der Waals surface area (Å²) in [7, 11) is 0. The minimum atomic E-state index is -0.0421. The second-order valence-electron chi connectivity index (χ2n) is 5.02. The summed E-state index contributed by atoms with van der Waals surface area (Å²) in [5.74, 6) is 0.399. The molecule has 1 N–H and O–H groups in total. The van der Waals surface area contributed by atoms with Gasteiger partial charge in [0.15, 0.2) is 5.78 Å². The molecule has 0 radical (unpaired) electrons. The molecule has 0 amide bonds. The van der Waals surface area contributed by atoms with Gasteiger partial charge in [0.25, 0.3) is 0 Å². The predicted molar refractivity (Wildman–Crippen MR) is 63.6 cm³/mol. The lowest BCUT2D eigenvalue weighted by molar-refractivity contribution is 0.0686. The standard InChI is InChI=1S/C14H17NO/c16-13-12-4-2-1-3-11(12)5-6-14(13)7-9-15-10-8-14/h1-4,15H,5-10H2. The first kappa shape index (κ1) is 10.0. The Morgan fingerprint density at radius 3 is 2.62 bits per heavy atom. The number of carbonyl (C=O) groups is 1. The first-order chi connectivity index (χ1) is 7.82. The number of benzene rings is 1. The van der Waals surface area contributed by atoms with E-state index in [1.165, 1.54) is 5.56 Å². The predicted octanol–water partition coefficient (Wildman–Crippen LogP) is 2.19. The number of hydrogen-bond acceptors (Lipinski definition) is 2. The fourth-order valence-corrected chi connectivity index (χ4v) is 3.12. The maximum Gasteiger partial charge on any atom is 0.169 e. The van der Waals surface area contributed by atoms with Crippen LogP contribution in [-0.2, 0) is 6.42 Å². The van der Waals surface area contributed by atoms with E-state index in [2.05, 4.69) is 11.4 Å². The first-order valence-corrected chi connectivity index (χ1v) is 6.15. The molecule has 84 valence electrons. The van der Waals surface area contributed by atoms with Crippen LogP contribution in [0.15, 0.2) is 24.3 Å². The van der Waals surface area contributed by atoms with Crippen LogP contribution in [0.2, 0.25) is 0 Å². The summed E-state index contributed by atoms with van der Waals surface area (Å²) in [6, 6.07) is 8.12. The largest absolute Gasteiger partial charge is 0.317 e. The molecule has 2 heteroatoms. The van der Waals surface area contributed by atoms with Crippen LogP contribution in [0, 0.1) is 5.41 Å². The Kier molecular flexibility index (Phi) is 2.32. The number of rotatable bonds is 0. The molecule has 2 aliphatic rings. The van der Waals surface area contributed by atoms with Crippen molar-refractivity contribution in [3.63, 3.8) is 0 Å². The van der Waals surface area contributed by atoms with Crippen LogP contribution in [-0.4, -0.2) is 18.9 Å². The number of aryl methyl sites for hydroxylation is 1. The van der Waals surface area contributed by atoms with Gasteiger partial charge in [-0.25, -0.2) is 0 Å². The van der Waals surface area contributed by atoms with E-state index in [1.807, 2.05) is 18.2 Å².